The van der Waals surface area contributed by atoms with Crippen LogP contribution in [0.3, 0.4) is 0 Å². The quantitative estimate of drug-likeness (QED) is 0.595. The van der Waals surface area contributed by atoms with Crippen molar-refractivity contribution in [2.45, 2.75) is 46.3 Å². The van der Waals surface area contributed by atoms with Crippen LogP contribution >= 0.6 is 0 Å². The lowest BCUT2D eigenvalue weighted by Crippen LogP contribution is -2.35. The van der Waals surface area contributed by atoms with Crippen LogP contribution in [0, 0.1) is 6.92 Å². The van der Waals surface area contributed by atoms with Crippen molar-refractivity contribution in [3.63, 3.8) is 0 Å². The van der Waals surface area contributed by atoms with Crippen LogP contribution in [0.2, 0.25) is 0 Å². The molecule has 1 amide bonds. The zero-order valence-electron chi connectivity index (χ0n) is 18.7. The molecule has 7 nitrogen and oxygen atoms in total. The van der Waals surface area contributed by atoms with Crippen LogP contribution in [0.1, 0.15) is 47.4 Å². The number of ether oxygens (including phenoxy) is 1. The Morgan fingerprint density at radius 2 is 2.00 bits per heavy atom. The molecule has 1 aliphatic rings. The number of likely N-dealkylation sites (N-methyl/N-ethyl adjacent to an activating group) is 1. The van der Waals surface area contributed by atoms with Crippen molar-refractivity contribution in [1.82, 2.24) is 14.9 Å². The van der Waals surface area contributed by atoms with Crippen LogP contribution in [-0.4, -0.2) is 45.9 Å². The Labute approximate surface area is 187 Å². The van der Waals surface area contributed by atoms with Gasteiger partial charge in [-0.3, -0.25) is 14.7 Å². The highest BCUT2D eigenvalue weighted by Gasteiger charge is 2.29. The van der Waals surface area contributed by atoms with Gasteiger partial charge in [0.05, 0.1) is 11.1 Å². The fourth-order valence-electron chi connectivity index (χ4n) is 4.07. The van der Waals surface area contributed by atoms with E-state index >= 15 is 0 Å². The van der Waals surface area contributed by atoms with Crippen LogP contribution in [0.25, 0.3) is 10.9 Å². The second-order valence-corrected chi connectivity index (χ2v) is 8.01. The molecule has 1 aromatic carbocycles. The molecular formula is C25H28N4O3. The predicted molar refractivity (Wildman–Crippen MR) is 123 cm³/mol. The van der Waals surface area contributed by atoms with Crippen molar-refractivity contribution in [3.05, 3.63) is 65.0 Å². The van der Waals surface area contributed by atoms with Gasteiger partial charge >= 0.3 is 5.97 Å². The number of aryl methyl sites for hydroxylation is 1. The van der Waals surface area contributed by atoms with Gasteiger partial charge in [-0.25, -0.2) is 9.78 Å². The van der Waals surface area contributed by atoms with Crippen molar-refractivity contribution < 1.29 is 14.3 Å². The van der Waals surface area contributed by atoms with Gasteiger partial charge in [0.15, 0.2) is 6.10 Å². The number of benzene rings is 1. The summed E-state index contributed by atoms with van der Waals surface area (Å²) >= 11 is 0. The van der Waals surface area contributed by atoms with Gasteiger partial charge in [-0.1, -0.05) is 38.1 Å². The highest BCUT2D eigenvalue weighted by molar-refractivity contribution is 6.06. The van der Waals surface area contributed by atoms with Crippen LogP contribution in [0.15, 0.2) is 42.6 Å². The number of esters is 1. The van der Waals surface area contributed by atoms with E-state index in [0.717, 1.165) is 47.2 Å². The molecule has 1 aliphatic heterocycles. The normalized spacial score (nSPS) is 14.6. The highest BCUT2D eigenvalue weighted by atomic mass is 16.5. The minimum absolute atomic E-state index is 0.357. The zero-order valence-corrected chi connectivity index (χ0v) is 18.7. The first-order valence-corrected chi connectivity index (χ1v) is 11.1. The second kappa shape index (κ2) is 9.44. The van der Waals surface area contributed by atoms with Crippen molar-refractivity contribution in [2.75, 3.05) is 18.4 Å². The minimum atomic E-state index is -0.919. The lowest BCUT2D eigenvalue weighted by Gasteiger charge is -2.29. The van der Waals surface area contributed by atoms with Gasteiger partial charge in [0, 0.05) is 42.4 Å². The largest absolute Gasteiger partial charge is 0.449 e. The first-order chi connectivity index (χ1) is 15.5. The van der Waals surface area contributed by atoms with E-state index in [9.17, 15) is 9.59 Å². The molecule has 0 bridgehead atoms. The molecule has 0 spiro atoms. The maximum absolute atomic E-state index is 13.5. The zero-order chi connectivity index (χ0) is 22.7. The molecule has 166 valence electrons. The second-order valence-electron chi connectivity index (χ2n) is 8.01. The summed E-state index contributed by atoms with van der Waals surface area (Å²) in [6.07, 6.45) is 1.84. The summed E-state index contributed by atoms with van der Waals surface area (Å²) in [5.74, 6) is -0.403. The van der Waals surface area contributed by atoms with Crippen LogP contribution in [-0.2, 0) is 22.5 Å². The van der Waals surface area contributed by atoms with Gasteiger partial charge in [0.25, 0.3) is 5.91 Å². The van der Waals surface area contributed by atoms with E-state index in [-0.39, 0.29) is 5.91 Å². The summed E-state index contributed by atoms with van der Waals surface area (Å²) in [4.78, 5) is 37.6. The van der Waals surface area contributed by atoms with Crippen molar-refractivity contribution in [3.8, 4) is 0 Å². The van der Waals surface area contributed by atoms with E-state index in [4.69, 9.17) is 9.72 Å². The molecule has 0 aliphatic carbocycles. The number of nitrogens with one attached hydrogen (secondary N) is 1. The average molecular weight is 433 g/mol. The number of nitrogens with zero attached hydrogens (tertiary/aromatic N) is 3. The van der Waals surface area contributed by atoms with E-state index in [1.165, 1.54) is 0 Å². The monoisotopic (exact) mass is 432 g/mol. The molecule has 1 atom stereocenters. The van der Waals surface area contributed by atoms with E-state index in [1.807, 2.05) is 44.2 Å². The Bertz CT molecular complexity index is 1160. The van der Waals surface area contributed by atoms with E-state index in [1.54, 1.807) is 12.3 Å². The smallest absolute Gasteiger partial charge is 0.340 e. The number of aromatic nitrogens is 2. The highest BCUT2D eigenvalue weighted by Crippen LogP contribution is 2.29. The third-order valence-electron chi connectivity index (χ3n) is 5.94. The Morgan fingerprint density at radius 1 is 1.19 bits per heavy atom. The number of pyridine rings is 2. The SMILES string of the molecule is CCC(OC(=O)c1c2c(nc3ccccc13)CCN(CC)C2)C(=O)Nc1ncccc1C. The molecule has 3 aromatic rings. The number of anilines is 1. The molecule has 1 N–H and O–H groups in total. The molecule has 7 heteroatoms. The number of amides is 1. The van der Waals surface area contributed by atoms with Crippen molar-refractivity contribution in [2.24, 2.45) is 0 Å². The topological polar surface area (TPSA) is 84.4 Å². The number of carbonyl (C=O) groups excluding carboxylic acids is 2. The summed E-state index contributed by atoms with van der Waals surface area (Å²) in [7, 11) is 0. The lowest BCUT2D eigenvalue weighted by molar-refractivity contribution is -0.124. The summed E-state index contributed by atoms with van der Waals surface area (Å²) in [6.45, 7) is 8.24. The van der Waals surface area contributed by atoms with Gasteiger partial charge in [-0.05, 0) is 37.6 Å². The fourth-order valence-corrected chi connectivity index (χ4v) is 4.07. The van der Waals surface area contributed by atoms with E-state index in [0.29, 0.717) is 24.3 Å². The lowest BCUT2D eigenvalue weighted by atomic mass is 9.95. The Balaban J connectivity index is 1.65. The summed E-state index contributed by atoms with van der Waals surface area (Å²) < 4.78 is 5.78. The minimum Gasteiger partial charge on any atom is -0.449 e. The first-order valence-electron chi connectivity index (χ1n) is 11.1. The molecule has 32 heavy (non-hydrogen) atoms. The fraction of sp³-hybridized carbons (Fsp3) is 0.360. The predicted octanol–water partition coefficient (Wildman–Crippen LogP) is 3.89. The summed E-state index contributed by atoms with van der Waals surface area (Å²) in [6, 6.07) is 11.3. The Morgan fingerprint density at radius 3 is 2.75 bits per heavy atom. The number of fused-ring (bicyclic) bond motifs is 2. The van der Waals surface area contributed by atoms with Gasteiger partial charge in [0.1, 0.15) is 5.82 Å². The molecule has 0 saturated heterocycles. The number of rotatable bonds is 6. The summed E-state index contributed by atoms with van der Waals surface area (Å²) in [5, 5.41) is 3.54. The maximum Gasteiger partial charge on any atom is 0.340 e. The molecule has 2 aromatic heterocycles. The van der Waals surface area contributed by atoms with Gasteiger partial charge in [0.2, 0.25) is 0 Å². The third-order valence-corrected chi connectivity index (χ3v) is 5.94. The number of carbonyl (C=O) groups is 2. The molecule has 0 saturated carbocycles. The Hall–Kier alpha value is -3.32. The van der Waals surface area contributed by atoms with Crippen LogP contribution < -0.4 is 5.32 Å². The molecule has 1 unspecified atom stereocenters. The molecular weight excluding hydrogens is 404 g/mol. The number of hydrogen-bond acceptors (Lipinski definition) is 6. The standard InChI is InChI=1S/C25H28N4O3/c1-4-21(24(30)28-23-16(3)9-8-13-26-23)32-25(31)22-17-10-6-7-11-19(17)27-20-12-14-29(5-2)15-18(20)22/h6-11,13,21H,4-5,12,14-15H2,1-3H3,(H,26,28,30). The maximum atomic E-state index is 13.5. The van der Waals surface area contributed by atoms with Crippen molar-refractivity contribution >= 4 is 28.6 Å². The first kappa shape index (κ1) is 21.9. The summed E-state index contributed by atoms with van der Waals surface area (Å²) in [5.41, 5.74) is 3.96. The molecule has 3 heterocycles. The molecule has 4 rings (SSSR count). The Kier molecular flexibility index (Phi) is 6.46. The van der Waals surface area contributed by atoms with Gasteiger partial charge in [-0.15, -0.1) is 0 Å². The van der Waals surface area contributed by atoms with Gasteiger partial charge < -0.3 is 10.1 Å². The average Bonchev–Trinajstić information content (AvgIpc) is 2.81. The van der Waals surface area contributed by atoms with Crippen LogP contribution in [0.5, 0.6) is 0 Å². The van der Waals surface area contributed by atoms with Gasteiger partial charge in [-0.2, -0.15) is 0 Å². The number of para-hydroxylation sites is 1. The molecule has 0 radical (unpaired) electrons. The third kappa shape index (κ3) is 4.34. The number of hydrogen-bond donors (Lipinski definition) is 1. The van der Waals surface area contributed by atoms with E-state index < -0.39 is 12.1 Å². The van der Waals surface area contributed by atoms with E-state index in [2.05, 4.69) is 22.1 Å². The van der Waals surface area contributed by atoms with Crippen LogP contribution in [0.4, 0.5) is 5.82 Å². The molecule has 0 fully saturated rings. The van der Waals surface area contributed by atoms with Crippen molar-refractivity contribution in [1.29, 1.82) is 0 Å².